The van der Waals surface area contributed by atoms with E-state index in [2.05, 4.69) is 27.7 Å². The van der Waals surface area contributed by atoms with Gasteiger partial charge in [-0.05, 0) is 57.5 Å². The second-order valence-electron chi connectivity index (χ2n) is 10.5. The van der Waals surface area contributed by atoms with Crippen LogP contribution in [0.1, 0.15) is 92.6 Å². The lowest BCUT2D eigenvalue weighted by atomic mass is 9.66. The zero-order valence-electron chi connectivity index (χ0n) is 20.8. The summed E-state index contributed by atoms with van der Waals surface area (Å²) in [5.74, 6) is 0. The average Bonchev–Trinajstić information content (AvgIpc) is 3.06. The number of carbonyl (C=O) groups is 1. The Morgan fingerprint density at radius 3 is 1.75 bits per heavy atom. The summed E-state index contributed by atoms with van der Waals surface area (Å²) in [5, 5.41) is 20.1. The molecule has 1 saturated heterocycles. The third-order valence-electron chi connectivity index (χ3n) is 7.94. The topological polar surface area (TPSA) is 79.2 Å². The average molecular weight is 445 g/mol. The first kappa shape index (κ1) is 25.1. The Bertz CT molecular complexity index is 785. The number of benzene rings is 1. The smallest absolute Gasteiger partial charge is 0.465 e. The predicted molar refractivity (Wildman–Crippen MR) is 127 cm³/mol. The van der Waals surface area contributed by atoms with E-state index in [9.17, 15) is 15.0 Å². The standard InChI is InChI=1S/C25H40BNO5/c1-8-24(9-2)25(10-3,11-4)32-26(31-24)19-14-12-18(13-15-19)23(16-20(28)17-23)27(21(29)30)22(5,6)7/h12-15,20,28H,8-11,16-17H2,1-7H3,(H,29,30)/t20-,23-. The minimum absolute atomic E-state index is 0.314. The summed E-state index contributed by atoms with van der Waals surface area (Å²) in [6, 6.07) is 7.94. The van der Waals surface area contributed by atoms with Crippen LogP contribution in [0.2, 0.25) is 0 Å². The van der Waals surface area contributed by atoms with Crippen molar-refractivity contribution in [2.45, 2.75) is 115 Å². The van der Waals surface area contributed by atoms with Crippen molar-refractivity contribution in [3.63, 3.8) is 0 Å². The molecule has 1 amide bonds. The lowest BCUT2D eigenvalue weighted by molar-refractivity contribution is -0.0973. The minimum Gasteiger partial charge on any atom is -0.465 e. The Kier molecular flexibility index (Phi) is 6.78. The van der Waals surface area contributed by atoms with E-state index < -0.39 is 30.4 Å². The van der Waals surface area contributed by atoms with E-state index in [4.69, 9.17) is 9.31 Å². The molecule has 2 fully saturated rings. The SMILES string of the molecule is CCC1(CC)OB(c2ccc([C@]3(N(C(=O)O)C(C)(C)C)C[C@H](O)C3)cc2)OC1(CC)CC. The molecule has 0 aromatic heterocycles. The summed E-state index contributed by atoms with van der Waals surface area (Å²) >= 11 is 0. The molecule has 1 aliphatic heterocycles. The van der Waals surface area contributed by atoms with E-state index in [1.54, 1.807) is 0 Å². The number of nitrogens with zero attached hydrogens (tertiary/aromatic N) is 1. The van der Waals surface area contributed by atoms with Gasteiger partial charge in [0.15, 0.2) is 0 Å². The van der Waals surface area contributed by atoms with E-state index >= 15 is 0 Å². The molecule has 1 aromatic rings. The lowest BCUT2D eigenvalue weighted by Gasteiger charge is -2.56. The molecule has 2 aliphatic rings. The number of hydrogen-bond acceptors (Lipinski definition) is 4. The molecule has 3 rings (SSSR count). The number of hydrogen-bond donors (Lipinski definition) is 2. The molecule has 0 unspecified atom stereocenters. The van der Waals surface area contributed by atoms with Crippen molar-refractivity contribution in [3.8, 4) is 0 Å². The van der Waals surface area contributed by atoms with Crippen LogP contribution in [0.4, 0.5) is 4.79 Å². The zero-order valence-corrected chi connectivity index (χ0v) is 20.8. The normalized spacial score (nSPS) is 26.6. The maximum atomic E-state index is 12.2. The first-order valence-electron chi connectivity index (χ1n) is 12.1. The fraction of sp³-hybridized carbons (Fsp3) is 0.720. The summed E-state index contributed by atoms with van der Waals surface area (Å²) in [6.45, 7) is 14.3. The molecule has 7 heteroatoms. The van der Waals surface area contributed by atoms with E-state index in [-0.39, 0.29) is 11.2 Å². The molecule has 0 atom stereocenters. The van der Waals surface area contributed by atoms with Crippen LogP contribution in [-0.2, 0) is 14.8 Å². The Labute approximate surface area is 193 Å². The second kappa shape index (κ2) is 8.66. The van der Waals surface area contributed by atoms with Gasteiger partial charge in [0.2, 0.25) is 0 Å². The van der Waals surface area contributed by atoms with Gasteiger partial charge in [-0.1, -0.05) is 52.0 Å². The highest BCUT2D eigenvalue weighted by atomic mass is 16.7. The molecule has 178 valence electrons. The van der Waals surface area contributed by atoms with Gasteiger partial charge in [-0.15, -0.1) is 0 Å². The third kappa shape index (κ3) is 3.76. The molecule has 1 heterocycles. The summed E-state index contributed by atoms with van der Waals surface area (Å²) in [6.07, 6.45) is 2.89. The van der Waals surface area contributed by atoms with Crippen molar-refractivity contribution in [1.29, 1.82) is 0 Å². The van der Waals surface area contributed by atoms with Crippen LogP contribution >= 0.6 is 0 Å². The van der Waals surface area contributed by atoms with Crippen LogP contribution in [0.3, 0.4) is 0 Å². The number of aliphatic hydroxyl groups excluding tert-OH is 1. The van der Waals surface area contributed by atoms with Crippen molar-refractivity contribution in [3.05, 3.63) is 29.8 Å². The molecular formula is C25H40BNO5. The Hall–Kier alpha value is -1.57. The molecule has 1 aromatic carbocycles. The second-order valence-corrected chi connectivity index (χ2v) is 10.5. The number of amides is 1. The van der Waals surface area contributed by atoms with Crippen molar-refractivity contribution < 1.29 is 24.3 Å². The molecule has 32 heavy (non-hydrogen) atoms. The van der Waals surface area contributed by atoms with Crippen LogP contribution in [0.25, 0.3) is 0 Å². The zero-order chi connectivity index (χ0) is 23.9. The van der Waals surface area contributed by atoms with Crippen molar-refractivity contribution in [2.24, 2.45) is 0 Å². The van der Waals surface area contributed by atoms with E-state index in [0.29, 0.717) is 12.8 Å². The van der Waals surface area contributed by atoms with Gasteiger partial charge in [-0.25, -0.2) is 4.79 Å². The summed E-state index contributed by atoms with van der Waals surface area (Å²) in [7, 11) is -0.440. The van der Waals surface area contributed by atoms with E-state index in [1.807, 2.05) is 45.0 Å². The first-order chi connectivity index (χ1) is 14.9. The fourth-order valence-corrected chi connectivity index (χ4v) is 6.24. The largest absolute Gasteiger partial charge is 0.494 e. The molecular weight excluding hydrogens is 405 g/mol. The number of carboxylic acid groups (broad SMARTS) is 1. The Morgan fingerprint density at radius 2 is 1.44 bits per heavy atom. The van der Waals surface area contributed by atoms with E-state index in [1.165, 1.54) is 4.90 Å². The molecule has 0 spiro atoms. The third-order valence-corrected chi connectivity index (χ3v) is 7.94. The van der Waals surface area contributed by atoms with Crippen molar-refractivity contribution >= 4 is 18.7 Å². The highest BCUT2D eigenvalue weighted by Crippen LogP contribution is 2.50. The Morgan fingerprint density at radius 1 is 1.00 bits per heavy atom. The highest BCUT2D eigenvalue weighted by Gasteiger charge is 2.59. The minimum atomic E-state index is -0.970. The van der Waals surface area contributed by atoms with Crippen molar-refractivity contribution in [2.75, 3.05) is 0 Å². The fourth-order valence-electron chi connectivity index (χ4n) is 6.24. The van der Waals surface area contributed by atoms with Gasteiger partial charge in [-0.2, -0.15) is 0 Å². The monoisotopic (exact) mass is 445 g/mol. The van der Waals surface area contributed by atoms with Gasteiger partial charge in [0.1, 0.15) is 0 Å². The van der Waals surface area contributed by atoms with Crippen LogP contribution in [-0.4, -0.2) is 51.2 Å². The van der Waals surface area contributed by atoms with Gasteiger partial charge in [0.25, 0.3) is 0 Å². The lowest BCUT2D eigenvalue weighted by Crippen LogP contribution is -2.64. The summed E-state index contributed by atoms with van der Waals surface area (Å²) < 4.78 is 13.2. The molecule has 6 nitrogen and oxygen atoms in total. The van der Waals surface area contributed by atoms with Crippen LogP contribution in [0, 0.1) is 0 Å². The molecule has 1 saturated carbocycles. The van der Waals surface area contributed by atoms with Gasteiger partial charge in [-0.3, -0.25) is 4.90 Å². The summed E-state index contributed by atoms with van der Waals surface area (Å²) in [5.41, 5.74) is -0.108. The first-order valence-corrected chi connectivity index (χ1v) is 12.1. The maximum absolute atomic E-state index is 12.2. The van der Waals surface area contributed by atoms with Crippen LogP contribution in [0.5, 0.6) is 0 Å². The van der Waals surface area contributed by atoms with Gasteiger partial charge in [0, 0.05) is 18.4 Å². The maximum Gasteiger partial charge on any atom is 0.494 e. The number of aliphatic hydroxyl groups is 1. The van der Waals surface area contributed by atoms with Crippen molar-refractivity contribution in [1.82, 2.24) is 4.90 Å². The summed E-state index contributed by atoms with van der Waals surface area (Å²) in [4.78, 5) is 13.7. The molecule has 0 radical (unpaired) electrons. The predicted octanol–water partition coefficient (Wildman–Crippen LogP) is 4.67. The van der Waals surface area contributed by atoms with Gasteiger partial charge < -0.3 is 19.5 Å². The number of rotatable bonds is 7. The molecule has 1 aliphatic carbocycles. The Balaban J connectivity index is 1.94. The van der Waals surface area contributed by atoms with Crippen LogP contribution < -0.4 is 5.46 Å². The van der Waals surface area contributed by atoms with E-state index in [0.717, 1.165) is 36.7 Å². The quantitative estimate of drug-likeness (QED) is 0.596. The molecule has 0 bridgehead atoms. The highest BCUT2D eigenvalue weighted by molar-refractivity contribution is 6.62. The van der Waals surface area contributed by atoms with Gasteiger partial charge in [0.05, 0.1) is 22.8 Å². The van der Waals surface area contributed by atoms with Crippen LogP contribution in [0.15, 0.2) is 24.3 Å². The van der Waals surface area contributed by atoms with Gasteiger partial charge >= 0.3 is 13.2 Å². The molecule has 2 N–H and O–H groups in total.